The molecule has 122 valence electrons. The van der Waals surface area contributed by atoms with Gasteiger partial charge in [0.15, 0.2) is 0 Å². The van der Waals surface area contributed by atoms with Gasteiger partial charge < -0.3 is 9.96 Å². The maximum Gasteiger partial charge on any atom is 0.132 e. The molecular weight excluding hydrogens is 288 g/mol. The Bertz CT molecular complexity index is 393. The van der Waals surface area contributed by atoms with Crippen LogP contribution in [-0.2, 0) is 0 Å². The molecule has 0 atom stereocenters. The van der Waals surface area contributed by atoms with Crippen molar-refractivity contribution in [1.82, 2.24) is 9.96 Å². The highest BCUT2D eigenvalue weighted by atomic mass is 28.4. The van der Waals surface area contributed by atoms with Gasteiger partial charge in [-0.05, 0) is 41.5 Å². The minimum Gasteiger partial charge on any atom is -0.332 e. The van der Waals surface area contributed by atoms with Gasteiger partial charge in [-0.1, -0.05) is 50.5 Å². The Hall–Kier alpha value is -0.166. The summed E-state index contributed by atoms with van der Waals surface area (Å²) in [5, 5.41) is 0. The molecule has 0 saturated heterocycles. The molecule has 1 aliphatic rings. The molecule has 0 unspecified atom stereocenters. The average molecular weight is 325 g/mol. The van der Waals surface area contributed by atoms with Crippen LogP contribution in [0.25, 0.3) is 0 Å². The van der Waals surface area contributed by atoms with Crippen molar-refractivity contribution in [2.24, 2.45) is 0 Å². The van der Waals surface area contributed by atoms with Crippen molar-refractivity contribution >= 4 is 16.5 Å². The van der Waals surface area contributed by atoms with Crippen LogP contribution >= 0.6 is 0 Å². The Balaban J connectivity index is 3.27. The summed E-state index contributed by atoms with van der Waals surface area (Å²) in [6.07, 6.45) is 9.45. The maximum atomic E-state index is 4.00. The fourth-order valence-corrected chi connectivity index (χ4v) is 17.0. The summed E-state index contributed by atoms with van der Waals surface area (Å²) in [5.74, 6) is 0. The molecule has 0 aromatic heterocycles. The summed E-state index contributed by atoms with van der Waals surface area (Å²) in [6, 6.07) is 0. The van der Waals surface area contributed by atoms with Crippen molar-refractivity contribution < 1.29 is 0 Å². The molecule has 0 saturated carbocycles. The van der Waals surface area contributed by atoms with Crippen LogP contribution < -0.4 is 9.96 Å². The normalized spacial score (nSPS) is 19.3. The SMILES string of the molecule is CC(C)(C)N[Si](C)(C)C1([Si](C)(C)NC(C)(C)C)C=CC=C1. The Kier molecular flexibility index (Phi) is 4.93. The van der Waals surface area contributed by atoms with E-state index in [9.17, 15) is 0 Å². The number of hydrogen-bond acceptors (Lipinski definition) is 2. The molecule has 1 rings (SSSR count). The second kappa shape index (κ2) is 5.48. The van der Waals surface area contributed by atoms with Crippen LogP contribution in [0.3, 0.4) is 0 Å². The van der Waals surface area contributed by atoms with Gasteiger partial charge in [0, 0.05) is 15.7 Å². The van der Waals surface area contributed by atoms with E-state index in [-0.39, 0.29) is 15.7 Å². The third-order valence-electron chi connectivity index (χ3n) is 4.27. The number of rotatable bonds is 4. The summed E-state index contributed by atoms with van der Waals surface area (Å²) in [7, 11) is -3.43. The molecule has 0 spiro atoms. The largest absolute Gasteiger partial charge is 0.332 e. The molecule has 4 heteroatoms. The first-order valence-corrected chi connectivity index (χ1v) is 14.1. The van der Waals surface area contributed by atoms with Crippen LogP contribution in [0.4, 0.5) is 0 Å². The highest BCUT2D eigenvalue weighted by molar-refractivity contribution is 6.99. The highest BCUT2D eigenvalue weighted by Gasteiger charge is 2.57. The van der Waals surface area contributed by atoms with Crippen molar-refractivity contribution in [1.29, 1.82) is 0 Å². The van der Waals surface area contributed by atoms with Gasteiger partial charge in [-0.2, -0.15) is 0 Å². The fraction of sp³-hybridized carbons (Fsp3) is 0.765. The lowest BCUT2D eigenvalue weighted by Crippen LogP contribution is -2.72. The zero-order valence-corrected chi connectivity index (χ0v) is 17.8. The highest BCUT2D eigenvalue weighted by Crippen LogP contribution is 2.50. The average Bonchev–Trinajstić information content (AvgIpc) is 2.58. The zero-order chi connectivity index (χ0) is 16.7. The first kappa shape index (κ1) is 18.9. The third kappa shape index (κ3) is 4.18. The molecule has 2 nitrogen and oxygen atoms in total. The van der Waals surface area contributed by atoms with Crippen molar-refractivity contribution in [2.75, 3.05) is 0 Å². The first-order valence-electron chi connectivity index (χ1n) is 8.08. The summed E-state index contributed by atoms with van der Waals surface area (Å²) in [5.41, 5.74) is 0.304. The Morgan fingerprint density at radius 2 is 0.952 bits per heavy atom. The Labute approximate surface area is 134 Å². The minimum atomic E-state index is -1.72. The van der Waals surface area contributed by atoms with Gasteiger partial charge in [0.2, 0.25) is 0 Å². The molecule has 0 aliphatic heterocycles. The molecule has 0 aromatic carbocycles. The van der Waals surface area contributed by atoms with E-state index >= 15 is 0 Å². The van der Waals surface area contributed by atoms with E-state index in [0.29, 0.717) is 0 Å². The zero-order valence-electron chi connectivity index (χ0n) is 15.8. The topological polar surface area (TPSA) is 24.1 Å². The Morgan fingerprint density at radius 3 is 1.19 bits per heavy atom. The van der Waals surface area contributed by atoms with Crippen LogP contribution in [0, 0.1) is 0 Å². The first-order chi connectivity index (χ1) is 9.12. The van der Waals surface area contributed by atoms with Gasteiger partial charge in [-0.3, -0.25) is 0 Å². The van der Waals surface area contributed by atoms with E-state index in [1.54, 1.807) is 0 Å². The van der Waals surface area contributed by atoms with Crippen molar-refractivity contribution in [3.05, 3.63) is 24.3 Å². The van der Waals surface area contributed by atoms with Crippen LogP contribution in [0.15, 0.2) is 24.3 Å². The van der Waals surface area contributed by atoms with E-state index in [0.717, 1.165) is 0 Å². The third-order valence-corrected chi connectivity index (χ3v) is 15.6. The van der Waals surface area contributed by atoms with Gasteiger partial charge in [0.25, 0.3) is 0 Å². The summed E-state index contributed by atoms with van der Waals surface area (Å²) in [4.78, 5) is 8.00. The molecule has 0 amide bonds. The van der Waals surface area contributed by atoms with Gasteiger partial charge in [-0.15, -0.1) is 0 Å². The van der Waals surface area contributed by atoms with E-state index in [2.05, 4.69) is 102 Å². The lowest BCUT2D eigenvalue weighted by molar-refractivity contribution is 0.497. The molecule has 0 aromatic rings. The lowest BCUT2D eigenvalue weighted by atomic mass is 10.1. The summed E-state index contributed by atoms with van der Waals surface area (Å²) >= 11 is 0. The van der Waals surface area contributed by atoms with E-state index in [4.69, 9.17) is 0 Å². The molecule has 0 bridgehead atoms. The van der Waals surface area contributed by atoms with Crippen molar-refractivity contribution in [3.63, 3.8) is 0 Å². The van der Waals surface area contributed by atoms with Gasteiger partial charge >= 0.3 is 0 Å². The second-order valence-electron chi connectivity index (χ2n) is 9.59. The van der Waals surface area contributed by atoms with E-state index < -0.39 is 16.5 Å². The van der Waals surface area contributed by atoms with Gasteiger partial charge in [-0.25, -0.2) is 0 Å². The molecule has 0 heterocycles. The van der Waals surface area contributed by atoms with Gasteiger partial charge in [0.05, 0.1) is 0 Å². The van der Waals surface area contributed by atoms with Crippen LogP contribution in [0.2, 0.25) is 30.8 Å². The predicted octanol–water partition coefficient (Wildman–Crippen LogP) is 4.58. The molecule has 21 heavy (non-hydrogen) atoms. The summed E-state index contributed by atoms with van der Waals surface area (Å²) < 4.78 is 0.195. The lowest BCUT2D eigenvalue weighted by Gasteiger charge is -2.54. The molecular formula is C17H36N2Si2. The Morgan fingerprint density at radius 1 is 0.667 bits per heavy atom. The molecule has 1 aliphatic carbocycles. The van der Waals surface area contributed by atoms with Crippen molar-refractivity contribution in [2.45, 2.75) is 83.5 Å². The van der Waals surface area contributed by atoms with Crippen LogP contribution in [-0.4, -0.2) is 27.5 Å². The molecule has 0 radical (unpaired) electrons. The number of allylic oxidation sites excluding steroid dienone is 4. The van der Waals surface area contributed by atoms with Crippen LogP contribution in [0.1, 0.15) is 41.5 Å². The fourth-order valence-electron chi connectivity index (χ4n) is 4.17. The molecule has 0 fully saturated rings. The van der Waals surface area contributed by atoms with Gasteiger partial charge in [0.1, 0.15) is 16.5 Å². The minimum absolute atomic E-state index is 0.152. The number of nitrogens with one attached hydrogen (secondary N) is 2. The maximum absolute atomic E-state index is 4.00. The summed E-state index contributed by atoms with van der Waals surface area (Å²) in [6.45, 7) is 23.6. The van der Waals surface area contributed by atoms with Crippen LogP contribution in [0.5, 0.6) is 0 Å². The van der Waals surface area contributed by atoms with Crippen molar-refractivity contribution in [3.8, 4) is 0 Å². The second-order valence-corrected chi connectivity index (χ2v) is 18.7. The smallest absolute Gasteiger partial charge is 0.132 e. The monoisotopic (exact) mass is 324 g/mol. The quantitative estimate of drug-likeness (QED) is 0.740. The van der Waals surface area contributed by atoms with E-state index in [1.807, 2.05) is 0 Å². The standard InChI is InChI=1S/C17H36N2Si2/c1-15(2,3)18-20(7,8)17(13-11-12-14-17)21(9,10)19-16(4,5)6/h11-14,18-19H,1-10H3. The predicted molar refractivity (Wildman–Crippen MR) is 102 cm³/mol. The molecule has 2 N–H and O–H groups in total. The number of hydrogen-bond donors (Lipinski definition) is 2. The van der Waals surface area contributed by atoms with E-state index in [1.165, 1.54) is 0 Å².